The van der Waals surface area contributed by atoms with Gasteiger partial charge < -0.3 is 14.4 Å². The number of halogens is 1. The van der Waals surface area contributed by atoms with E-state index in [-0.39, 0.29) is 5.56 Å². The maximum atomic E-state index is 11.3. The molecule has 5 heteroatoms. The first kappa shape index (κ1) is 12.1. The van der Waals surface area contributed by atoms with Crippen molar-refractivity contribution in [2.75, 3.05) is 0 Å². The average molecular weight is 278 g/mol. The van der Waals surface area contributed by atoms with Crippen LogP contribution >= 0.6 is 11.6 Å². The monoisotopic (exact) mass is 277 g/mol. The zero-order valence-electron chi connectivity index (χ0n) is 10.5. The second-order valence-electron chi connectivity index (χ2n) is 4.98. The third-order valence-corrected chi connectivity index (χ3v) is 3.47. The van der Waals surface area contributed by atoms with Crippen molar-refractivity contribution in [3.05, 3.63) is 46.7 Å². The van der Waals surface area contributed by atoms with Gasteiger partial charge in [-0.25, -0.2) is 4.79 Å². The molecule has 2 heterocycles. The Bertz CT molecular complexity index is 688. The molecular formula is C14H12ClNO3. The van der Waals surface area contributed by atoms with Gasteiger partial charge in [-0.3, -0.25) is 0 Å². The van der Waals surface area contributed by atoms with Crippen LogP contribution in [0.3, 0.4) is 0 Å². The zero-order valence-corrected chi connectivity index (χ0v) is 11.2. The van der Waals surface area contributed by atoms with Crippen LogP contribution in [0, 0.1) is 0 Å². The second kappa shape index (κ2) is 3.78. The standard InChI is InChI=1S/C14H12ClNO3/c1-14(2)11-4-3-5-16(11)10-7-8(15)6-9(13(17)18)12(10)19-14/h3-7H,1-2H3,(H,17,18). The van der Waals surface area contributed by atoms with E-state index in [9.17, 15) is 9.90 Å². The van der Waals surface area contributed by atoms with Crippen molar-refractivity contribution >= 4 is 17.6 Å². The van der Waals surface area contributed by atoms with Gasteiger partial charge in [0.15, 0.2) is 5.75 Å². The highest BCUT2D eigenvalue weighted by Crippen LogP contribution is 2.42. The van der Waals surface area contributed by atoms with E-state index in [1.165, 1.54) is 6.07 Å². The first-order chi connectivity index (χ1) is 8.90. The maximum Gasteiger partial charge on any atom is 0.339 e. The molecule has 19 heavy (non-hydrogen) atoms. The van der Waals surface area contributed by atoms with Gasteiger partial charge in [-0.1, -0.05) is 11.6 Å². The number of aromatic carboxylic acids is 1. The Labute approximate surface area is 115 Å². The van der Waals surface area contributed by atoms with Crippen LogP contribution in [-0.4, -0.2) is 15.6 Å². The van der Waals surface area contributed by atoms with E-state index in [0.717, 1.165) is 5.69 Å². The molecule has 1 aliphatic rings. The first-order valence-corrected chi connectivity index (χ1v) is 6.22. The van der Waals surface area contributed by atoms with E-state index in [1.54, 1.807) is 6.07 Å². The normalized spacial score (nSPS) is 15.3. The smallest absolute Gasteiger partial charge is 0.339 e. The van der Waals surface area contributed by atoms with Gasteiger partial charge in [-0.05, 0) is 38.1 Å². The lowest BCUT2D eigenvalue weighted by atomic mass is 10.0. The molecule has 0 radical (unpaired) electrons. The Morgan fingerprint density at radius 1 is 1.42 bits per heavy atom. The Kier molecular flexibility index (Phi) is 2.41. The first-order valence-electron chi connectivity index (χ1n) is 5.84. The minimum atomic E-state index is -1.05. The van der Waals surface area contributed by atoms with Crippen LogP contribution in [0.5, 0.6) is 5.75 Å². The molecule has 98 valence electrons. The van der Waals surface area contributed by atoms with Gasteiger partial charge in [0.05, 0.1) is 11.4 Å². The third kappa shape index (κ3) is 1.71. The number of aromatic nitrogens is 1. The number of fused-ring (bicyclic) bond motifs is 3. The van der Waals surface area contributed by atoms with Crippen LogP contribution in [0.25, 0.3) is 5.69 Å². The molecule has 1 aromatic heterocycles. The molecule has 1 N–H and O–H groups in total. The number of carboxylic acid groups (broad SMARTS) is 1. The molecule has 0 saturated carbocycles. The van der Waals surface area contributed by atoms with Gasteiger partial charge in [-0.15, -0.1) is 0 Å². The van der Waals surface area contributed by atoms with Gasteiger partial charge in [-0.2, -0.15) is 0 Å². The number of nitrogens with zero attached hydrogens (tertiary/aromatic N) is 1. The number of ether oxygens (including phenoxy) is 1. The Balaban J connectivity index is 2.36. The molecule has 0 saturated heterocycles. The van der Waals surface area contributed by atoms with Crippen molar-refractivity contribution in [1.82, 2.24) is 4.57 Å². The van der Waals surface area contributed by atoms with E-state index in [2.05, 4.69) is 0 Å². The number of carboxylic acids is 1. The van der Waals surface area contributed by atoms with E-state index in [0.29, 0.717) is 16.5 Å². The van der Waals surface area contributed by atoms with Gasteiger partial charge in [0.25, 0.3) is 0 Å². The summed E-state index contributed by atoms with van der Waals surface area (Å²) in [6, 6.07) is 6.97. The summed E-state index contributed by atoms with van der Waals surface area (Å²) >= 11 is 6.00. The summed E-state index contributed by atoms with van der Waals surface area (Å²) in [7, 11) is 0. The SMILES string of the molecule is CC1(C)Oc2c(C(=O)O)cc(Cl)cc2-n2cccc21. The van der Waals surface area contributed by atoms with Crippen LogP contribution in [0.15, 0.2) is 30.5 Å². The van der Waals surface area contributed by atoms with Crippen molar-refractivity contribution in [2.45, 2.75) is 19.4 Å². The lowest BCUT2D eigenvalue weighted by molar-refractivity contribution is 0.0657. The number of rotatable bonds is 1. The molecule has 0 atom stereocenters. The van der Waals surface area contributed by atoms with Crippen LogP contribution in [0.2, 0.25) is 5.02 Å². The fourth-order valence-electron chi connectivity index (χ4n) is 2.41. The van der Waals surface area contributed by atoms with Crippen molar-refractivity contribution in [3.63, 3.8) is 0 Å². The highest BCUT2D eigenvalue weighted by Gasteiger charge is 2.35. The number of carbonyl (C=O) groups is 1. The minimum Gasteiger partial charge on any atom is -0.478 e. The minimum absolute atomic E-state index is 0.0786. The molecule has 1 aromatic carbocycles. The highest BCUT2D eigenvalue weighted by atomic mass is 35.5. The quantitative estimate of drug-likeness (QED) is 0.868. The summed E-state index contributed by atoms with van der Waals surface area (Å²) in [6.45, 7) is 3.81. The van der Waals surface area contributed by atoms with Crippen molar-refractivity contribution < 1.29 is 14.6 Å². The van der Waals surface area contributed by atoms with Crippen LogP contribution in [0.1, 0.15) is 29.9 Å². The van der Waals surface area contributed by atoms with Crippen LogP contribution in [0.4, 0.5) is 0 Å². The molecule has 0 fully saturated rings. The highest BCUT2D eigenvalue weighted by molar-refractivity contribution is 6.31. The molecule has 0 amide bonds. The lowest BCUT2D eigenvalue weighted by Crippen LogP contribution is -2.33. The number of hydrogen-bond acceptors (Lipinski definition) is 2. The topological polar surface area (TPSA) is 51.5 Å². The van der Waals surface area contributed by atoms with Gasteiger partial charge in [0, 0.05) is 11.2 Å². The second-order valence-corrected chi connectivity index (χ2v) is 5.42. The van der Waals surface area contributed by atoms with Crippen LogP contribution in [-0.2, 0) is 5.60 Å². The van der Waals surface area contributed by atoms with Crippen molar-refractivity contribution in [1.29, 1.82) is 0 Å². The Morgan fingerprint density at radius 3 is 2.84 bits per heavy atom. The third-order valence-electron chi connectivity index (χ3n) is 3.25. The predicted molar refractivity (Wildman–Crippen MR) is 71.4 cm³/mol. The summed E-state index contributed by atoms with van der Waals surface area (Å²) in [4.78, 5) is 11.3. The van der Waals surface area contributed by atoms with E-state index in [4.69, 9.17) is 16.3 Å². The summed E-state index contributed by atoms with van der Waals surface area (Å²) in [5, 5.41) is 9.66. The van der Waals surface area contributed by atoms with E-state index < -0.39 is 11.6 Å². The van der Waals surface area contributed by atoms with Gasteiger partial charge >= 0.3 is 5.97 Å². The summed E-state index contributed by atoms with van der Waals surface area (Å²) in [5.74, 6) is -0.698. The average Bonchev–Trinajstić information content (AvgIpc) is 2.79. The molecule has 0 aliphatic carbocycles. The fourth-order valence-corrected chi connectivity index (χ4v) is 2.63. The molecule has 0 unspecified atom stereocenters. The molecule has 1 aliphatic heterocycles. The van der Waals surface area contributed by atoms with Crippen molar-refractivity contribution in [3.8, 4) is 11.4 Å². The van der Waals surface area contributed by atoms with E-state index >= 15 is 0 Å². The maximum absolute atomic E-state index is 11.3. The number of hydrogen-bond donors (Lipinski definition) is 1. The molecule has 3 rings (SSSR count). The molecule has 0 spiro atoms. The summed E-state index contributed by atoms with van der Waals surface area (Å²) < 4.78 is 7.81. The summed E-state index contributed by atoms with van der Waals surface area (Å²) in [6.07, 6.45) is 1.88. The lowest BCUT2D eigenvalue weighted by Gasteiger charge is -2.35. The Morgan fingerprint density at radius 2 is 2.16 bits per heavy atom. The van der Waals surface area contributed by atoms with E-state index in [1.807, 2.05) is 36.7 Å². The number of benzene rings is 1. The largest absolute Gasteiger partial charge is 0.478 e. The molecule has 4 nitrogen and oxygen atoms in total. The predicted octanol–water partition coefficient (Wildman–Crippen LogP) is 3.46. The van der Waals surface area contributed by atoms with Crippen LogP contribution < -0.4 is 4.74 Å². The molecule has 2 aromatic rings. The van der Waals surface area contributed by atoms with Crippen molar-refractivity contribution in [2.24, 2.45) is 0 Å². The summed E-state index contributed by atoms with van der Waals surface area (Å²) in [5.41, 5.74) is 1.10. The van der Waals surface area contributed by atoms with Gasteiger partial charge in [0.2, 0.25) is 0 Å². The Hall–Kier alpha value is -1.94. The molecule has 0 bridgehead atoms. The fraction of sp³-hybridized carbons (Fsp3) is 0.214. The zero-order chi connectivity index (χ0) is 13.8. The molecular weight excluding hydrogens is 266 g/mol. The van der Waals surface area contributed by atoms with Gasteiger partial charge in [0.1, 0.15) is 11.2 Å².